The Morgan fingerprint density at radius 1 is 1.30 bits per heavy atom. The van der Waals surface area contributed by atoms with Crippen LogP contribution in [0.15, 0.2) is 23.1 Å². The number of carbonyl (C=O) groups is 2. The Hall–Kier alpha value is -2.33. The van der Waals surface area contributed by atoms with Crippen LogP contribution in [0, 0.1) is 5.92 Å². The molecule has 1 saturated heterocycles. The molecule has 0 aliphatic carbocycles. The van der Waals surface area contributed by atoms with Gasteiger partial charge in [-0.05, 0) is 45.4 Å². The van der Waals surface area contributed by atoms with Crippen molar-refractivity contribution in [3.8, 4) is 5.75 Å². The van der Waals surface area contributed by atoms with Gasteiger partial charge in [0.1, 0.15) is 5.75 Å². The second-order valence-corrected chi connectivity index (χ2v) is 9.10. The lowest BCUT2D eigenvalue weighted by atomic mass is 10.1. The van der Waals surface area contributed by atoms with E-state index < -0.39 is 33.5 Å². The van der Waals surface area contributed by atoms with Crippen LogP contribution in [-0.4, -0.2) is 56.2 Å². The summed E-state index contributed by atoms with van der Waals surface area (Å²) in [6.45, 7) is 5.59. The monoisotopic (exact) mass is 399 g/mol. The molecule has 150 valence electrons. The van der Waals surface area contributed by atoms with E-state index in [1.165, 1.54) is 30.2 Å². The van der Waals surface area contributed by atoms with Gasteiger partial charge in [-0.3, -0.25) is 4.79 Å². The summed E-state index contributed by atoms with van der Waals surface area (Å²) >= 11 is 0. The van der Waals surface area contributed by atoms with E-state index in [2.05, 4.69) is 10.0 Å². The number of anilines is 1. The van der Waals surface area contributed by atoms with Gasteiger partial charge in [0.25, 0.3) is 0 Å². The summed E-state index contributed by atoms with van der Waals surface area (Å²) in [4.78, 5) is 24.9. The molecule has 1 atom stereocenters. The number of sulfonamides is 1. The number of nitrogens with zero attached hydrogens (tertiary/aromatic N) is 1. The zero-order chi connectivity index (χ0) is 20.4. The average molecular weight is 399 g/mol. The van der Waals surface area contributed by atoms with Gasteiger partial charge in [0.15, 0.2) is 0 Å². The Morgan fingerprint density at radius 2 is 1.96 bits per heavy atom. The van der Waals surface area contributed by atoms with Crippen LogP contribution in [0.3, 0.4) is 0 Å². The molecule has 2 rings (SSSR count). The van der Waals surface area contributed by atoms with Crippen LogP contribution in [0.2, 0.25) is 0 Å². The van der Waals surface area contributed by atoms with Crippen molar-refractivity contribution < 1.29 is 27.9 Å². The molecule has 1 heterocycles. The molecule has 0 saturated carbocycles. The fourth-order valence-corrected chi connectivity index (χ4v) is 4.20. The summed E-state index contributed by atoms with van der Waals surface area (Å²) < 4.78 is 32.8. The molecule has 9 nitrogen and oxygen atoms in total. The molecule has 1 aliphatic heterocycles. The molecule has 2 amide bonds. The highest BCUT2D eigenvalue weighted by atomic mass is 32.2. The highest BCUT2D eigenvalue weighted by Gasteiger charge is 2.31. The predicted octanol–water partition coefficient (Wildman–Crippen LogP) is 1.71. The number of urea groups is 1. The number of carboxylic acid groups (broad SMARTS) is 1. The third-order valence-electron chi connectivity index (χ3n) is 3.99. The molecule has 0 aromatic heterocycles. The zero-order valence-corrected chi connectivity index (χ0v) is 16.6. The number of aliphatic carboxylic acids is 1. The molecular formula is C17H25N3O6S. The zero-order valence-electron chi connectivity index (χ0n) is 15.8. The molecule has 1 unspecified atom stereocenters. The summed E-state index contributed by atoms with van der Waals surface area (Å²) in [6, 6.07) is 3.65. The number of rotatable bonds is 5. The second-order valence-electron chi connectivity index (χ2n) is 7.42. The minimum atomic E-state index is -3.79. The van der Waals surface area contributed by atoms with Crippen molar-refractivity contribution in [1.29, 1.82) is 0 Å². The van der Waals surface area contributed by atoms with Gasteiger partial charge in [-0.1, -0.05) is 0 Å². The number of carbonyl (C=O) groups excluding carboxylic acids is 1. The molecule has 27 heavy (non-hydrogen) atoms. The average Bonchev–Trinajstić information content (AvgIpc) is 3.03. The van der Waals surface area contributed by atoms with Crippen LogP contribution < -0.4 is 14.8 Å². The minimum absolute atomic E-state index is 0.0154. The van der Waals surface area contributed by atoms with Crippen LogP contribution in [0.1, 0.15) is 27.2 Å². The first-order valence-corrected chi connectivity index (χ1v) is 9.92. The predicted molar refractivity (Wildman–Crippen MR) is 99.4 cm³/mol. The fourth-order valence-electron chi connectivity index (χ4n) is 2.75. The Balaban J connectivity index is 2.23. The summed E-state index contributed by atoms with van der Waals surface area (Å²) in [7, 11) is -2.38. The van der Waals surface area contributed by atoms with Crippen molar-refractivity contribution in [2.45, 2.75) is 37.6 Å². The van der Waals surface area contributed by atoms with Crippen LogP contribution in [-0.2, 0) is 14.8 Å². The first-order chi connectivity index (χ1) is 12.4. The second kappa shape index (κ2) is 7.73. The Morgan fingerprint density at radius 3 is 2.48 bits per heavy atom. The number of amides is 2. The molecule has 0 spiro atoms. The molecule has 10 heteroatoms. The van der Waals surface area contributed by atoms with Gasteiger partial charge in [-0.2, -0.15) is 0 Å². The quantitative estimate of drug-likeness (QED) is 0.692. The minimum Gasteiger partial charge on any atom is -0.495 e. The summed E-state index contributed by atoms with van der Waals surface area (Å²) in [5.41, 5.74) is -0.470. The van der Waals surface area contributed by atoms with E-state index >= 15 is 0 Å². The number of benzene rings is 1. The van der Waals surface area contributed by atoms with Crippen LogP contribution in [0.4, 0.5) is 10.5 Å². The molecule has 1 aromatic carbocycles. The summed E-state index contributed by atoms with van der Waals surface area (Å²) in [6.07, 6.45) is 0.379. The van der Waals surface area contributed by atoms with Crippen molar-refractivity contribution in [3.05, 3.63) is 18.2 Å². The molecule has 1 aromatic rings. The van der Waals surface area contributed by atoms with E-state index in [9.17, 15) is 18.0 Å². The molecule has 1 aliphatic rings. The number of likely N-dealkylation sites (tertiary alicyclic amines) is 1. The molecular weight excluding hydrogens is 374 g/mol. The van der Waals surface area contributed by atoms with Gasteiger partial charge in [-0.15, -0.1) is 0 Å². The highest BCUT2D eigenvalue weighted by molar-refractivity contribution is 7.89. The fraction of sp³-hybridized carbons (Fsp3) is 0.529. The van der Waals surface area contributed by atoms with E-state index in [1.54, 1.807) is 20.8 Å². The van der Waals surface area contributed by atoms with Gasteiger partial charge >= 0.3 is 12.0 Å². The topological polar surface area (TPSA) is 125 Å². The maximum atomic E-state index is 12.5. The maximum absolute atomic E-state index is 12.5. The van der Waals surface area contributed by atoms with Crippen LogP contribution in [0.25, 0.3) is 0 Å². The van der Waals surface area contributed by atoms with Gasteiger partial charge in [-0.25, -0.2) is 17.9 Å². The Bertz CT molecular complexity index is 832. The normalized spacial score (nSPS) is 17.6. The van der Waals surface area contributed by atoms with Gasteiger partial charge in [0.05, 0.1) is 23.6 Å². The van der Waals surface area contributed by atoms with E-state index in [4.69, 9.17) is 9.84 Å². The van der Waals surface area contributed by atoms with Gasteiger partial charge in [0.2, 0.25) is 10.0 Å². The highest BCUT2D eigenvalue weighted by Crippen LogP contribution is 2.29. The van der Waals surface area contributed by atoms with E-state index in [0.29, 0.717) is 18.7 Å². The standard InChI is InChI=1S/C17H25N3O6S/c1-17(2,3)19-27(24,25)12-5-6-14(26-4)13(9-12)18-16(23)20-8-7-11(10-20)15(21)22/h5-6,9,11,19H,7-8,10H2,1-4H3,(H,18,23)(H,21,22). The number of nitrogens with one attached hydrogen (secondary N) is 2. The summed E-state index contributed by atoms with van der Waals surface area (Å²) in [5.74, 6) is -1.24. The van der Waals surface area contributed by atoms with E-state index in [1.807, 2.05) is 0 Å². The Kier molecular flexibility index (Phi) is 6.01. The lowest BCUT2D eigenvalue weighted by Crippen LogP contribution is -2.40. The summed E-state index contributed by atoms with van der Waals surface area (Å²) in [5, 5.41) is 11.7. The SMILES string of the molecule is COc1ccc(S(=O)(=O)NC(C)(C)C)cc1NC(=O)N1CCC(C(=O)O)C1. The van der Waals surface area contributed by atoms with Crippen LogP contribution >= 0.6 is 0 Å². The Labute approximate surface area is 158 Å². The molecule has 3 N–H and O–H groups in total. The largest absolute Gasteiger partial charge is 0.495 e. The molecule has 0 radical (unpaired) electrons. The van der Waals surface area contributed by atoms with Crippen molar-refractivity contribution in [1.82, 2.24) is 9.62 Å². The smallest absolute Gasteiger partial charge is 0.321 e. The lowest BCUT2D eigenvalue weighted by molar-refractivity contribution is -0.141. The number of ether oxygens (including phenoxy) is 1. The first-order valence-electron chi connectivity index (χ1n) is 8.44. The van der Waals surface area contributed by atoms with Crippen molar-refractivity contribution in [2.24, 2.45) is 5.92 Å². The third kappa shape index (κ3) is 5.33. The van der Waals surface area contributed by atoms with E-state index in [-0.39, 0.29) is 17.1 Å². The lowest BCUT2D eigenvalue weighted by Gasteiger charge is -2.21. The van der Waals surface area contributed by atoms with Crippen molar-refractivity contribution >= 4 is 27.7 Å². The van der Waals surface area contributed by atoms with Gasteiger partial charge < -0.3 is 20.1 Å². The number of methoxy groups -OCH3 is 1. The molecule has 0 bridgehead atoms. The third-order valence-corrected chi connectivity index (χ3v) is 5.74. The maximum Gasteiger partial charge on any atom is 0.321 e. The van der Waals surface area contributed by atoms with Crippen LogP contribution in [0.5, 0.6) is 5.75 Å². The number of hydrogen-bond acceptors (Lipinski definition) is 5. The number of hydrogen-bond donors (Lipinski definition) is 3. The van der Waals surface area contributed by atoms with Gasteiger partial charge in [0, 0.05) is 18.6 Å². The van der Waals surface area contributed by atoms with Crippen molar-refractivity contribution in [2.75, 3.05) is 25.5 Å². The number of carboxylic acids is 1. The molecule has 1 fully saturated rings. The first kappa shape index (κ1) is 21.0. The van der Waals surface area contributed by atoms with Crippen molar-refractivity contribution in [3.63, 3.8) is 0 Å². The van der Waals surface area contributed by atoms with E-state index in [0.717, 1.165) is 0 Å².